The zero-order valence-electron chi connectivity index (χ0n) is 20.3. The van der Waals surface area contributed by atoms with E-state index in [9.17, 15) is 0 Å². The topological polar surface area (TPSA) is 0 Å². The number of allylic oxidation sites excluding steroid dienone is 6. The third kappa shape index (κ3) is 7.73. The fourth-order valence-corrected chi connectivity index (χ4v) is 6.17. The summed E-state index contributed by atoms with van der Waals surface area (Å²) in [6.45, 7) is 0. The monoisotopic (exact) mass is 428 g/mol. The highest BCUT2D eigenvalue weighted by atomic mass is 14.2. The van der Waals surface area contributed by atoms with Crippen molar-refractivity contribution in [1.82, 2.24) is 0 Å². The smallest absolute Gasteiger partial charge is 0.0398 e. The van der Waals surface area contributed by atoms with Gasteiger partial charge in [0.05, 0.1) is 0 Å². The molecule has 0 heterocycles. The summed E-state index contributed by atoms with van der Waals surface area (Å²) in [4.78, 5) is 0. The molecule has 4 fully saturated rings. The summed E-state index contributed by atoms with van der Waals surface area (Å²) >= 11 is 0. The van der Waals surface area contributed by atoms with E-state index < -0.39 is 0 Å². The Morgan fingerprint density at radius 3 is 1.22 bits per heavy atom. The SMILES string of the molecule is C(#CC(/C=C/C1CCCC1)=C(C#CCC1CCCC1)\C=C\C1CCCC1)CC1CCCC1. The van der Waals surface area contributed by atoms with Gasteiger partial charge in [-0.05, 0) is 87.2 Å². The highest BCUT2D eigenvalue weighted by Gasteiger charge is 2.15. The minimum atomic E-state index is 0.744. The first kappa shape index (κ1) is 23.5. The van der Waals surface area contributed by atoms with Gasteiger partial charge in [-0.15, -0.1) is 0 Å². The van der Waals surface area contributed by atoms with E-state index in [1.165, 1.54) is 114 Å². The van der Waals surface area contributed by atoms with Crippen LogP contribution in [-0.4, -0.2) is 0 Å². The summed E-state index contributed by atoms with van der Waals surface area (Å²) in [5, 5.41) is 0. The van der Waals surface area contributed by atoms with Gasteiger partial charge in [-0.3, -0.25) is 0 Å². The van der Waals surface area contributed by atoms with E-state index in [1.54, 1.807) is 0 Å². The third-order valence-corrected chi connectivity index (χ3v) is 8.34. The lowest BCUT2D eigenvalue weighted by Gasteiger charge is -2.05. The van der Waals surface area contributed by atoms with Crippen LogP contribution in [-0.2, 0) is 0 Å². The predicted molar refractivity (Wildman–Crippen MR) is 138 cm³/mol. The molecule has 0 bridgehead atoms. The Hall–Kier alpha value is -1.66. The molecule has 0 atom stereocenters. The van der Waals surface area contributed by atoms with Crippen LogP contribution >= 0.6 is 0 Å². The molecule has 0 saturated heterocycles. The molecule has 32 heavy (non-hydrogen) atoms. The van der Waals surface area contributed by atoms with Crippen LogP contribution in [0, 0.1) is 47.4 Å². The van der Waals surface area contributed by atoms with E-state index in [0.29, 0.717) is 0 Å². The minimum Gasteiger partial charge on any atom is -0.0976 e. The standard InChI is InChI=1S/C32H44/c1-2-12-27(11-1)19-9-21-31(25-23-29-15-5-6-16-29)32(26-24-30-17-7-8-18-30)22-10-20-28-13-3-4-14-28/h23-30H,1-8,11-20H2/b25-23+,26-24+,32-31+. The molecule has 0 spiro atoms. The van der Waals surface area contributed by atoms with Gasteiger partial charge in [0.1, 0.15) is 0 Å². The highest BCUT2D eigenvalue weighted by molar-refractivity contribution is 5.54. The van der Waals surface area contributed by atoms with Crippen molar-refractivity contribution in [3.05, 3.63) is 35.5 Å². The van der Waals surface area contributed by atoms with Crippen LogP contribution in [0.3, 0.4) is 0 Å². The molecule has 4 aliphatic carbocycles. The lowest BCUT2D eigenvalue weighted by Crippen LogP contribution is -1.93. The second-order valence-electron chi connectivity index (χ2n) is 10.9. The van der Waals surface area contributed by atoms with E-state index >= 15 is 0 Å². The first-order chi connectivity index (χ1) is 15.9. The van der Waals surface area contributed by atoms with Crippen LogP contribution in [0.15, 0.2) is 35.5 Å². The van der Waals surface area contributed by atoms with Crippen LogP contribution in [0.2, 0.25) is 0 Å². The molecule has 0 radical (unpaired) electrons. The Morgan fingerprint density at radius 1 is 0.500 bits per heavy atom. The minimum absolute atomic E-state index is 0.744. The molecule has 0 aliphatic heterocycles. The molecule has 0 aromatic carbocycles. The van der Waals surface area contributed by atoms with Crippen LogP contribution in [0.4, 0.5) is 0 Å². The molecule has 0 nitrogen and oxygen atoms in total. The van der Waals surface area contributed by atoms with Crippen molar-refractivity contribution in [3.63, 3.8) is 0 Å². The molecule has 0 amide bonds. The maximum absolute atomic E-state index is 3.61. The van der Waals surface area contributed by atoms with Crippen molar-refractivity contribution in [2.75, 3.05) is 0 Å². The van der Waals surface area contributed by atoms with Crippen LogP contribution in [0.5, 0.6) is 0 Å². The van der Waals surface area contributed by atoms with E-state index in [0.717, 1.165) is 36.5 Å². The average molecular weight is 429 g/mol. The summed E-state index contributed by atoms with van der Waals surface area (Å²) < 4.78 is 0. The normalized spacial score (nSPS) is 24.2. The Bertz CT molecular complexity index is 706. The number of hydrogen-bond donors (Lipinski definition) is 0. The van der Waals surface area contributed by atoms with Crippen LogP contribution in [0.25, 0.3) is 0 Å². The largest absolute Gasteiger partial charge is 0.0976 e. The Labute approximate surface area is 198 Å². The molecule has 0 unspecified atom stereocenters. The van der Waals surface area contributed by atoms with E-state index in [4.69, 9.17) is 0 Å². The Balaban J connectivity index is 1.56. The molecule has 0 heteroatoms. The molecule has 4 aliphatic rings. The lowest BCUT2D eigenvalue weighted by atomic mass is 9.99. The van der Waals surface area contributed by atoms with E-state index in [2.05, 4.69) is 48.0 Å². The van der Waals surface area contributed by atoms with E-state index in [1.807, 2.05) is 0 Å². The predicted octanol–water partition coefficient (Wildman–Crippen LogP) is 8.94. The summed E-state index contributed by atoms with van der Waals surface area (Å²) in [5.74, 6) is 17.5. The molecule has 4 rings (SSSR count). The third-order valence-electron chi connectivity index (χ3n) is 8.34. The molecule has 4 saturated carbocycles. The fourth-order valence-electron chi connectivity index (χ4n) is 6.17. The second kappa shape index (κ2) is 13.1. The van der Waals surface area contributed by atoms with Crippen molar-refractivity contribution in [2.45, 2.75) is 116 Å². The lowest BCUT2D eigenvalue weighted by molar-refractivity contribution is 0.566. The maximum Gasteiger partial charge on any atom is 0.0398 e. The van der Waals surface area contributed by atoms with Gasteiger partial charge in [0.2, 0.25) is 0 Å². The quantitative estimate of drug-likeness (QED) is 0.292. The summed E-state index contributed by atoms with van der Waals surface area (Å²) in [7, 11) is 0. The average Bonchev–Trinajstić information content (AvgIpc) is 3.62. The molecule has 0 aromatic heterocycles. The summed E-state index contributed by atoms with van der Waals surface area (Å²) in [6, 6.07) is 0. The molecule has 0 N–H and O–H groups in total. The van der Waals surface area contributed by atoms with E-state index in [-0.39, 0.29) is 0 Å². The van der Waals surface area contributed by atoms with Gasteiger partial charge in [-0.2, -0.15) is 0 Å². The summed E-state index contributed by atoms with van der Waals surface area (Å²) in [5.41, 5.74) is 2.37. The molecule has 172 valence electrons. The maximum atomic E-state index is 3.61. The van der Waals surface area contributed by atoms with Crippen LogP contribution in [0.1, 0.15) is 116 Å². The van der Waals surface area contributed by atoms with Gasteiger partial charge in [0.15, 0.2) is 0 Å². The van der Waals surface area contributed by atoms with Gasteiger partial charge < -0.3 is 0 Å². The van der Waals surface area contributed by atoms with Crippen molar-refractivity contribution in [2.24, 2.45) is 23.7 Å². The Kier molecular flexibility index (Phi) is 9.65. The number of rotatable bonds is 6. The van der Waals surface area contributed by atoms with Gasteiger partial charge in [-0.1, -0.05) is 87.2 Å². The molecular formula is C32H44. The van der Waals surface area contributed by atoms with Gasteiger partial charge in [0.25, 0.3) is 0 Å². The number of hydrogen-bond acceptors (Lipinski definition) is 0. The molecule has 0 aromatic rings. The first-order valence-corrected chi connectivity index (χ1v) is 14.0. The van der Waals surface area contributed by atoms with Crippen molar-refractivity contribution >= 4 is 0 Å². The van der Waals surface area contributed by atoms with Crippen molar-refractivity contribution in [1.29, 1.82) is 0 Å². The highest BCUT2D eigenvalue weighted by Crippen LogP contribution is 2.30. The first-order valence-electron chi connectivity index (χ1n) is 14.0. The Morgan fingerprint density at radius 2 is 0.844 bits per heavy atom. The zero-order valence-corrected chi connectivity index (χ0v) is 20.3. The molecular weight excluding hydrogens is 384 g/mol. The van der Waals surface area contributed by atoms with Crippen molar-refractivity contribution in [3.8, 4) is 23.7 Å². The van der Waals surface area contributed by atoms with Gasteiger partial charge >= 0.3 is 0 Å². The fraction of sp³-hybridized carbons (Fsp3) is 0.688. The van der Waals surface area contributed by atoms with Crippen molar-refractivity contribution < 1.29 is 0 Å². The zero-order chi connectivity index (χ0) is 21.8. The van der Waals surface area contributed by atoms with Crippen LogP contribution < -0.4 is 0 Å². The summed E-state index contributed by atoms with van der Waals surface area (Å²) in [6.07, 6.45) is 33.8. The second-order valence-corrected chi connectivity index (χ2v) is 10.9. The van der Waals surface area contributed by atoms with Gasteiger partial charge in [0, 0.05) is 24.0 Å². The van der Waals surface area contributed by atoms with Gasteiger partial charge in [-0.25, -0.2) is 0 Å².